The van der Waals surface area contributed by atoms with E-state index in [1.807, 2.05) is 0 Å². The molecule has 1 saturated carbocycles. The summed E-state index contributed by atoms with van der Waals surface area (Å²) in [6, 6.07) is 8.84. The molecule has 0 radical (unpaired) electrons. The molecule has 1 unspecified atom stereocenters. The summed E-state index contributed by atoms with van der Waals surface area (Å²) in [5, 5.41) is 9.59. The van der Waals surface area contributed by atoms with Gasteiger partial charge < -0.3 is 14.6 Å². The van der Waals surface area contributed by atoms with Crippen molar-refractivity contribution in [3.63, 3.8) is 0 Å². The molecule has 3 aromatic rings. The predicted octanol–water partition coefficient (Wildman–Crippen LogP) is 7.49. The number of aliphatic hydroxyl groups is 1. The molecule has 0 saturated heterocycles. The highest BCUT2D eigenvalue weighted by molar-refractivity contribution is 5.91. The fraction of sp³-hybridized carbons (Fsp3) is 0.345. The zero-order chi connectivity index (χ0) is 27.6. The molecule has 4 nitrogen and oxygen atoms in total. The van der Waals surface area contributed by atoms with Crippen molar-refractivity contribution in [3.05, 3.63) is 93.8 Å². The number of esters is 1. The summed E-state index contributed by atoms with van der Waals surface area (Å²) in [7, 11) is 0. The van der Waals surface area contributed by atoms with E-state index in [0.717, 1.165) is 18.2 Å². The van der Waals surface area contributed by atoms with Crippen LogP contribution in [0.1, 0.15) is 84.5 Å². The van der Waals surface area contributed by atoms with Crippen LogP contribution in [0.5, 0.6) is 11.5 Å². The molecule has 1 aliphatic rings. The Bertz CT molecular complexity index is 1330. The fourth-order valence-corrected chi connectivity index (χ4v) is 4.94. The second kappa shape index (κ2) is 11.5. The molecule has 4 rings (SSSR count). The van der Waals surface area contributed by atoms with Gasteiger partial charge in [-0.25, -0.2) is 18.0 Å². The van der Waals surface area contributed by atoms with Gasteiger partial charge in [0.15, 0.2) is 23.1 Å². The lowest BCUT2D eigenvalue weighted by Crippen LogP contribution is -2.16. The smallest absolute Gasteiger partial charge is 0.343 e. The fourth-order valence-electron chi connectivity index (χ4n) is 4.94. The Kier molecular flexibility index (Phi) is 8.35. The Labute approximate surface area is 217 Å². The van der Waals surface area contributed by atoms with Crippen molar-refractivity contribution < 1.29 is 41.3 Å². The summed E-state index contributed by atoms with van der Waals surface area (Å²) in [6.07, 6.45) is 0.906. The minimum Gasteiger partial charge on any atom is -0.491 e. The van der Waals surface area contributed by atoms with Crippen LogP contribution in [0.2, 0.25) is 0 Å². The van der Waals surface area contributed by atoms with Gasteiger partial charge in [-0.15, -0.1) is 0 Å². The van der Waals surface area contributed by atoms with Gasteiger partial charge in [-0.05, 0) is 86.8 Å². The standard InChI is InChI=1S/C29H27F5O4/c1-3-37-23-12-13-24(28(34)27(23)33)38-29(36)18-8-9-20(22(30)14-18)16-4-6-17(7-5-16)21-11-10-19(15(2)35)25(31)26(21)32/h8-17,35H,3-7H2,1-2H3. The van der Waals surface area contributed by atoms with Crippen LogP contribution in [-0.2, 0) is 0 Å². The molecule has 0 heterocycles. The van der Waals surface area contributed by atoms with Crippen LogP contribution in [0.25, 0.3) is 0 Å². The Morgan fingerprint density at radius 2 is 1.42 bits per heavy atom. The van der Waals surface area contributed by atoms with Gasteiger partial charge in [0.25, 0.3) is 0 Å². The first-order chi connectivity index (χ1) is 18.1. The van der Waals surface area contributed by atoms with Crippen LogP contribution in [0.4, 0.5) is 22.0 Å². The summed E-state index contributed by atoms with van der Waals surface area (Å²) >= 11 is 0. The van der Waals surface area contributed by atoms with E-state index in [0.29, 0.717) is 31.2 Å². The van der Waals surface area contributed by atoms with Gasteiger partial charge in [-0.3, -0.25) is 0 Å². The number of aliphatic hydroxyl groups excluding tert-OH is 1. The Balaban J connectivity index is 1.43. The second-order valence-electron chi connectivity index (χ2n) is 9.35. The SMILES string of the molecule is CCOc1ccc(OC(=O)c2ccc(C3CCC(c4ccc(C(C)O)c(F)c4F)CC3)c(F)c2)c(F)c1F. The highest BCUT2D eigenvalue weighted by Gasteiger charge is 2.29. The van der Waals surface area contributed by atoms with Gasteiger partial charge in [0.2, 0.25) is 11.6 Å². The van der Waals surface area contributed by atoms with Gasteiger partial charge in [0, 0.05) is 5.56 Å². The Morgan fingerprint density at radius 3 is 2.03 bits per heavy atom. The predicted molar refractivity (Wildman–Crippen MR) is 130 cm³/mol. The quantitative estimate of drug-likeness (QED) is 0.194. The molecule has 0 aromatic heterocycles. The number of benzene rings is 3. The van der Waals surface area contributed by atoms with Crippen molar-refractivity contribution in [1.29, 1.82) is 0 Å². The van der Waals surface area contributed by atoms with Crippen molar-refractivity contribution in [1.82, 2.24) is 0 Å². The average molecular weight is 535 g/mol. The first-order valence-electron chi connectivity index (χ1n) is 12.4. The normalized spacial score (nSPS) is 18.2. The highest BCUT2D eigenvalue weighted by Crippen LogP contribution is 2.42. The number of hydrogen-bond donors (Lipinski definition) is 1. The highest BCUT2D eigenvalue weighted by atomic mass is 19.2. The first kappa shape index (κ1) is 27.6. The Hall–Kier alpha value is -3.46. The molecule has 202 valence electrons. The van der Waals surface area contributed by atoms with Crippen molar-refractivity contribution >= 4 is 5.97 Å². The average Bonchev–Trinajstić information content (AvgIpc) is 2.90. The number of carbonyl (C=O) groups is 1. The van der Waals surface area contributed by atoms with E-state index in [2.05, 4.69) is 0 Å². The summed E-state index contributed by atoms with van der Waals surface area (Å²) in [6.45, 7) is 3.09. The zero-order valence-corrected chi connectivity index (χ0v) is 20.9. The molecule has 0 amide bonds. The van der Waals surface area contributed by atoms with Crippen LogP contribution in [0.3, 0.4) is 0 Å². The van der Waals surface area contributed by atoms with Crippen molar-refractivity contribution in [2.24, 2.45) is 0 Å². The molecule has 3 aromatic carbocycles. The van der Waals surface area contributed by atoms with E-state index >= 15 is 0 Å². The van der Waals surface area contributed by atoms with Gasteiger partial charge in [-0.1, -0.05) is 18.2 Å². The van der Waals surface area contributed by atoms with E-state index in [9.17, 15) is 31.9 Å². The monoisotopic (exact) mass is 534 g/mol. The number of rotatable bonds is 7. The van der Waals surface area contributed by atoms with Crippen molar-refractivity contribution in [2.75, 3.05) is 6.61 Å². The number of carbonyl (C=O) groups excluding carboxylic acids is 1. The second-order valence-corrected chi connectivity index (χ2v) is 9.35. The number of hydrogen-bond acceptors (Lipinski definition) is 4. The van der Waals surface area contributed by atoms with E-state index < -0.39 is 46.9 Å². The zero-order valence-electron chi connectivity index (χ0n) is 20.9. The molecular weight excluding hydrogens is 507 g/mol. The summed E-state index contributed by atoms with van der Waals surface area (Å²) in [4.78, 5) is 12.5. The van der Waals surface area contributed by atoms with Gasteiger partial charge in [-0.2, -0.15) is 8.78 Å². The molecule has 1 fully saturated rings. The van der Waals surface area contributed by atoms with Gasteiger partial charge >= 0.3 is 5.97 Å². The lowest BCUT2D eigenvalue weighted by molar-refractivity contribution is 0.0725. The van der Waals surface area contributed by atoms with E-state index in [4.69, 9.17) is 9.47 Å². The van der Waals surface area contributed by atoms with Crippen LogP contribution in [0.15, 0.2) is 42.5 Å². The van der Waals surface area contributed by atoms with Crippen molar-refractivity contribution in [3.8, 4) is 11.5 Å². The molecule has 9 heteroatoms. The minimum atomic E-state index is -1.39. The topological polar surface area (TPSA) is 55.8 Å². The third kappa shape index (κ3) is 5.53. The van der Waals surface area contributed by atoms with E-state index in [1.54, 1.807) is 6.92 Å². The molecule has 0 aliphatic heterocycles. The van der Waals surface area contributed by atoms with Gasteiger partial charge in [0.05, 0.1) is 18.3 Å². The molecule has 1 aliphatic carbocycles. The largest absolute Gasteiger partial charge is 0.491 e. The van der Waals surface area contributed by atoms with Crippen molar-refractivity contribution in [2.45, 2.75) is 57.5 Å². The molecular formula is C29H27F5O4. The molecule has 38 heavy (non-hydrogen) atoms. The molecule has 0 bridgehead atoms. The minimum absolute atomic E-state index is 0.101. The van der Waals surface area contributed by atoms with Crippen LogP contribution in [-0.4, -0.2) is 17.7 Å². The summed E-state index contributed by atoms with van der Waals surface area (Å²) in [5.41, 5.74) is 0.330. The molecule has 1 N–H and O–H groups in total. The maximum atomic E-state index is 15.0. The van der Waals surface area contributed by atoms with Crippen LogP contribution in [0, 0.1) is 29.1 Å². The third-order valence-electron chi connectivity index (χ3n) is 6.95. The van der Waals surface area contributed by atoms with Gasteiger partial charge in [0.1, 0.15) is 5.82 Å². The number of ether oxygens (including phenoxy) is 2. The van der Waals surface area contributed by atoms with Crippen LogP contribution >= 0.6 is 0 Å². The molecule has 1 atom stereocenters. The molecule has 0 spiro atoms. The lowest BCUT2D eigenvalue weighted by atomic mass is 9.75. The first-order valence-corrected chi connectivity index (χ1v) is 12.4. The van der Waals surface area contributed by atoms with E-state index in [-0.39, 0.29) is 40.9 Å². The maximum absolute atomic E-state index is 15.0. The summed E-state index contributed by atoms with van der Waals surface area (Å²) < 4.78 is 82.1. The summed E-state index contributed by atoms with van der Waals surface area (Å²) in [5.74, 6) is -7.83. The lowest BCUT2D eigenvalue weighted by Gasteiger charge is -2.30. The number of halogens is 5. The van der Waals surface area contributed by atoms with E-state index in [1.165, 1.54) is 31.2 Å². The maximum Gasteiger partial charge on any atom is 0.343 e. The van der Waals surface area contributed by atoms with Crippen LogP contribution < -0.4 is 9.47 Å². The Morgan fingerprint density at radius 1 is 0.842 bits per heavy atom. The third-order valence-corrected chi connectivity index (χ3v) is 6.95.